The number of nitrogen functional groups attached to an aromatic ring is 1. The van der Waals surface area contributed by atoms with Gasteiger partial charge in [0, 0.05) is 36.9 Å². The summed E-state index contributed by atoms with van der Waals surface area (Å²) in [6.45, 7) is 0.544. The number of anilines is 1. The van der Waals surface area contributed by atoms with Gasteiger partial charge in [0.25, 0.3) is 0 Å². The van der Waals surface area contributed by atoms with Crippen molar-refractivity contribution in [3.63, 3.8) is 0 Å². The number of aromatic nitrogens is 4. The number of aliphatic hydroxyl groups excluding tert-OH is 1. The van der Waals surface area contributed by atoms with Crippen molar-refractivity contribution in [1.82, 2.24) is 19.9 Å². The van der Waals surface area contributed by atoms with Crippen molar-refractivity contribution >= 4 is 27.8 Å². The molecule has 0 amide bonds. The number of nitrogens with zero attached hydrogens (tertiary/aromatic N) is 3. The number of aliphatic hydroxyl groups is 1. The number of imidazole rings is 1. The van der Waals surface area contributed by atoms with Gasteiger partial charge in [-0.15, -0.1) is 0 Å². The van der Waals surface area contributed by atoms with Crippen LogP contribution >= 0.6 is 0 Å². The van der Waals surface area contributed by atoms with E-state index in [-0.39, 0.29) is 6.61 Å². The smallest absolute Gasteiger partial charge is 0.152 e. The highest BCUT2D eigenvalue weighted by Crippen LogP contribution is 2.30. The summed E-state index contributed by atoms with van der Waals surface area (Å²) in [7, 11) is 1.66. The van der Waals surface area contributed by atoms with Gasteiger partial charge in [0.1, 0.15) is 11.3 Å². The summed E-state index contributed by atoms with van der Waals surface area (Å²) < 4.78 is 5.11. The van der Waals surface area contributed by atoms with Crippen LogP contribution in [0.4, 0.5) is 5.82 Å². The lowest BCUT2D eigenvalue weighted by Gasteiger charge is -2.06. The number of fused-ring (bicyclic) bond motifs is 3. The number of aromatic amines is 1. The first kappa shape index (κ1) is 16.4. The molecule has 0 bridgehead atoms. The van der Waals surface area contributed by atoms with E-state index in [4.69, 9.17) is 10.5 Å². The molecule has 7 nitrogen and oxygen atoms in total. The van der Waals surface area contributed by atoms with Crippen molar-refractivity contribution in [1.29, 1.82) is 0 Å². The molecule has 0 unspecified atom stereocenters. The Morgan fingerprint density at radius 2 is 2.04 bits per heavy atom. The standard InChI is InChI=1S/C19H19N5O2/c1-26-5-4-16-23-17-14-3-2-12(13-6-11(10-25)8-21-9-13)7-15(14)22-19(20)18(17)24-16/h2-3,6-9,25H,4-5,10H2,1H3,(H2,20,22)(H,23,24). The van der Waals surface area contributed by atoms with Crippen LogP contribution in [-0.2, 0) is 17.8 Å². The van der Waals surface area contributed by atoms with Crippen LogP contribution in [-0.4, -0.2) is 38.8 Å². The van der Waals surface area contributed by atoms with E-state index in [0.29, 0.717) is 24.4 Å². The molecule has 3 aromatic heterocycles. The van der Waals surface area contributed by atoms with Gasteiger partial charge in [0.15, 0.2) is 5.82 Å². The summed E-state index contributed by atoms with van der Waals surface area (Å²) in [6.07, 6.45) is 4.10. The summed E-state index contributed by atoms with van der Waals surface area (Å²) in [5.74, 6) is 1.22. The molecule has 26 heavy (non-hydrogen) atoms. The molecule has 4 aromatic rings. The Labute approximate surface area is 149 Å². The lowest BCUT2D eigenvalue weighted by atomic mass is 10.0. The summed E-state index contributed by atoms with van der Waals surface area (Å²) in [5.41, 5.74) is 11.1. The predicted octanol–water partition coefficient (Wildman–Crippen LogP) is 2.44. The molecular formula is C19H19N5O2. The average molecular weight is 349 g/mol. The third-order valence-electron chi connectivity index (χ3n) is 4.36. The van der Waals surface area contributed by atoms with Crippen LogP contribution in [0, 0.1) is 0 Å². The predicted molar refractivity (Wildman–Crippen MR) is 101 cm³/mol. The van der Waals surface area contributed by atoms with E-state index in [2.05, 4.69) is 19.9 Å². The first-order valence-electron chi connectivity index (χ1n) is 8.31. The molecule has 0 saturated carbocycles. The molecule has 0 aliphatic heterocycles. The minimum absolute atomic E-state index is 0.0430. The zero-order chi connectivity index (χ0) is 18.1. The Balaban J connectivity index is 1.84. The molecule has 0 radical (unpaired) electrons. The van der Waals surface area contributed by atoms with Gasteiger partial charge in [-0.25, -0.2) is 9.97 Å². The molecule has 0 atom stereocenters. The van der Waals surface area contributed by atoms with E-state index < -0.39 is 0 Å². The Bertz CT molecular complexity index is 1090. The van der Waals surface area contributed by atoms with Crippen LogP contribution in [0.3, 0.4) is 0 Å². The molecule has 0 spiro atoms. The molecule has 0 fully saturated rings. The van der Waals surface area contributed by atoms with E-state index in [0.717, 1.165) is 38.9 Å². The molecule has 4 N–H and O–H groups in total. The topological polar surface area (TPSA) is 110 Å². The summed E-state index contributed by atoms with van der Waals surface area (Å²) >= 11 is 0. The second kappa shape index (κ2) is 6.70. The van der Waals surface area contributed by atoms with Gasteiger partial charge >= 0.3 is 0 Å². The second-order valence-electron chi connectivity index (χ2n) is 6.12. The molecule has 4 rings (SSSR count). The van der Waals surface area contributed by atoms with Crippen LogP contribution in [0.15, 0.2) is 36.7 Å². The third kappa shape index (κ3) is 2.87. The molecule has 7 heteroatoms. The number of methoxy groups -OCH3 is 1. The summed E-state index contributed by atoms with van der Waals surface area (Å²) in [5, 5.41) is 10.3. The van der Waals surface area contributed by atoms with Gasteiger partial charge in [0.2, 0.25) is 0 Å². The van der Waals surface area contributed by atoms with Gasteiger partial charge in [0.05, 0.1) is 24.2 Å². The normalized spacial score (nSPS) is 11.5. The molecular weight excluding hydrogens is 330 g/mol. The van der Waals surface area contributed by atoms with Crippen molar-refractivity contribution in [2.45, 2.75) is 13.0 Å². The number of H-pyrrole nitrogens is 1. The third-order valence-corrected chi connectivity index (χ3v) is 4.36. The number of rotatable bonds is 5. The molecule has 3 heterocycles. The van der Waals surface area contributed by atoms with Crippen LogP contribution in [0.25, 0.3) is 33.1 Å². The molecule has 0 aliphatic rings. The zero-order valence-electron chi connectivity index (χ0n) is 14.4. The van der Waals surface area contributed by atoms with Gasteiger partial charge in [-0.3, -0.25) is 4.98 Å². The minimum atomic E-state index is -0.0430. The number of hydrogen-bond donors (Lipinski definition) is 3. The molecule has 0 saturated heterocycles. The van der Waals surface area contributed by atoms with Gasteiger partial charge in [-0.2, -0.15) is 0 Å². The Hall–Kier alpha value is -3.03. The van der Waals surface area contributed by atoms with Crippen molar-refractivity contribution in [3.05, 3.63) is 48.0 Å². The Morgan fingerprint density at radius 3 is 2.85 bits per heavy atom. The van der Waals surface area contributed by atoms with Crippen LogP contribution < -0.4 is 5.73 Å². The maximum absolute atomic E-state index is 9.31. The SMILES string of the molecule is COCCc1nc2c(N)nc3cc(-c4cncc(CO)c4)ccc3c2[nH]1. The van der Waals surface area contributed by atoms with E-state index in [1.807, 2.05) is 24.3 Å². The van der Waals surface area contributed by atoms with Gasteiger partial charge in [-0.05, 0) is 23.3 Å². The Kier molecular flexibility index (Phi) is 4.24. The van der Waals surface area contributed by atoms with Crippen molar-refractivity contribution < 1.29 is 9.84 Å². The number of ether oxygens (including phenoxy) is 1. The maximum Gasteiger partial charge on any atom is 0.152 e. The largest absolute Gasteiger partial charge is 0.392 e. The first-order valence-corrected chi connectivity index (χ1v) is 8.31. The van der Waals surface area contributed by atoms with Crippen LogP contribution in [0.1, 0.15) is 11.4 Å². The van der Waals surface area contributed by atoms with Crippen molar-refractivity contribution in [2.75, 3.05) is 19.5 Å². The van der Waals surface area contributed by atoms with Crippen LogP contribution in [0.2, 0.25) is 0 Å². The molecule has 1 aromatic carbocycles. The van der Waals surface area contributed by atoms with Crippen molar-refractivity contribution in [3.8, 4) is 11.1 Å². The first-order chi connectivity index (χ1) is 12.7. The molecule has 132 valence electrons. The quantitative estimate of drug-likeness (QED) is 0.510. The second-order valence-corrected chi connectivity index (χ2v) is 6.12. The van der Waals surface area contributed by atoms with Crippen LogP contribution in [0.5, 0.6) is 0 Å². The lowest BCUT2D eigenvalue weighted by molar-refractivity contribution is 0.201. The van der Waals surface area contributed by atoms with E-state index in [1.54, 1.807) is 19.5 Å². The number of hydrogen-bond acceptors (Lipinski definition) is 6. The van der Waals surface area contributed by atoms with E-state index in [9.17, 15) is 5.11 Å². The lowest BCUT2D eigenvalue weighted by Crippen LogP contribution is -1.96. The van der Waals surface area contributed by atoms with Gasteiger partial charge < -0.3 is 20.6 Å². The monoisotopic (exact) mass is 349 g/mol. The minimum Gasteiger partial charge on any atom is -0.392 e. The fraction of sp³-hybridized carbons (Fsp3) is 0.211. The highest BCUT2D eigenvalue weighted by atomic mass is 16.5. The highest BCUT2D eigenvalue weighted by Gasteiger charge is 2.12. The van der Waals surface area contributed by atoms with E-state index in [1.165, 1.54) is 0 Å². The fourth-order valence-electron chi connectivity index (χ4n) is 3.05. The number of benzene rings is 1. The number of pyridine rings is 2. The number of nitrogens with two attached hydrogens (primary N) is 1. The summed E-state index contributed by atoms with van der Waals surface area (Å²) in [6, 6.07) is 7.89. The fourth-order valence-corrected chi connectivity index (χ4v) is 3.05. The molecule has 0 aliphatic carbocycles. The Morgan fingerprint density at radius 1 is 1.15 bits per heavy atom. The maximum atomic E-state index is 9.31. The van der Waals surface area contributed by atoms with Gasteiger partial charge in [-0.1, -0.05) is 12.1 Å². The van der Waals surface area contributed by atoms with Crippen molar-refractivity contribution in [2.24, 2.45) is 0 Å². The highest BCUT2D eigenvalue weighted by molar-refractivity contribution is 6.07. The zero-order valence-corrected chi connectivity index (χ0v) is 14.4. The summed E-state index contributed by atoms with van der Waals surface area (Å²) in [4.78, 5) is 16.6. The van der Waals surface area contributed by atoms with E-state index >= 15 is 0 Å². The average Bonchev–Trinajstić information content (AvgIpc) is 3.11. The number of nitrogens with one attached hydrogen (secondary N) is 1.